The molecule has 21 heavy (non-hydrogen) atoms. The predicted molar refractivity (Wildman–Crippen MR) is 83.3 cm³/mol. The standard InChI is InChI=1S/C14H19N5O.ClH/c1-11(8-15)14(20)18(2)10-12-9-16-19(17-12)13-6-4-3-5-7-13;/h3-7,9,11H,8,10,15H2,1-2H3;1H. The lowest BCUT2D eigenvalue weighted by molar-refractivity contribution is -0.133. The first kappa shape index (κ1) is 17.1. The van der Waals surface area contributed by atoms with Crippen LogP contribution in [0.4, 0.5) is 0 Å². The summed E-state index contributed by atoms with van der Waals surface area (Å²) in [6.07, 6.45) is 1.67. The number of para-hydroxylation sites is 1. The molecule has 6 nitrogen and oxygen atoms in total. The summed E-state index contributed by atoms with van der Waals surface area (Å²) in [4.78, 5) is 15.1. The molecule has 0 radical (unpaired) electrons. The van der Waals surface area contributed by atoms with Crippen molar-refractivity contribution in [3.63, 3.8) is 0 Å². The number of nitrogens with two attached hydrogens (primary N) is 1. The number of hydrogen-bond donors (Lipinski definition) is 1. The third-order valence-electron chi connectivity index (χ3n) is 3.08. The van der Waals surface area contributed by atoms with E-state index in [1.54, 1.807) is 22.9 Å². The highest BCUT2D eigenvalue weighted by Gasteiger charge is 2.17. The van der Waals surface area contributed by atoms with Gasteiger partial charge >= 0.3 is 0 Å². The van der Waals surface area contributed by atoms with Crippen molar-refractivity contribution in [2.24, 2.45) is 11.7 Å². The van der Waals surface area contributed by atoms with Crippen molar-refractivity contribution in [1.29, 1.82) is 0 Å². The third kappa shape index (κ3) is 4.27. The molecule has 0 saturated carbocycles. The molecule has 1 unspecified atom stereocenters. The summed E-state index contributed by atoms with van der Waals surface area (Å²) < 4.78 is 0. The van der Waals surface area contributed by atoms with Crippen LogP contribution in [0.3, 0.4) is 0 Å². The van der Waals surface area contributed by atoms with Crippen molar-refractivity contribution >= 4 is 18.3 Å². The van der Waals surface area contributed by atoms with Crippen molar-refractivity contribution in [2.75, 3.05) is 13.6 Å². The Morgan fingerprint density at radius 3 is 2.67 bits per heavy atom. The van der Waals surface area contributed by atoms with E-state index in [1.807, 2.05) is 37.3 Å². The van der Waals surface area contributed by atoms with E-state index < -0.39 is 0 Å². The van der Waals surface area contributed by atoms with Gasteiger partial charge in [0.2, 0.25) is 5.91 Å². The highest BCUT2D eigenvalue weighted by Crippen LogP contribution is 2.07. The van der Waals surface area contributed by atoms with Gasteiger partial charge in [0.1, 0.15) is 5.69 Å². The first-order valence-electron chi connectivity index (χ1n) is 6.53. The van der Waals surface area contributed by atoms with E-state index in [-0.39, 0.29) is 24.2 Å². The molecule has 2 rings (SSSR count). The van der Waals surface area contributed by atoms with E-state index in [9.17, 15) is 4.79 Å². The van der Waals surface area contributed by atoms with Gasteiger partial charge in [0.05, 0.1) is 18.4 Å². The monoisotopic (exact) mass is 309 g/mol. The van der Waals surface area contributed by atoms with Gasteiger partial charge in [0.15, 0.2) is 0 Å². The molecule has 0 aliphatic heterocycles. The Bertz CT molecular complexity index is 572. The second-order valence-electron chi connectivity index (χ2n) is 4.79. The van der Waals surface area contributed by atoms with Gasteiger partial charge in [-0.15, -0.1) is 12.4 Å². The fraction of sp³-hybridized carbons (Fsp3) is 0.357. The van der Waals surface area contributed by atoms with Gasteiger partial charge in [-0.1, -0.05) is 25.1 Å². The molecular formula is C14H20ClN5O. The maximum absolute atomic E-state index is 11.9. The zero-order valence-corrected chi connectivity index (χ0v) is 13.0. The molecule has 0 aliphatic carbocycles. The predicted octanol–water partition coefficient (Wildman–Crippen LogP) is 1.24. The van der Waals surface area contributed by atoms with Crippen LogP contribution in [-0.2, 0) is 11.3 Å². The van der Waals surface area contributed by atoms with Gasteiger partial charge in [-0.05, 0) is 12.1 Å². The van der Waals surface area contributed by atoms with Gasteiger partial charge in [-0.25, -0.2) is 0 Å². The first-order chi connectivity index (χ1) is 9.61. The number of carbonyl (C=O) groups is 1. The van der Waals surface area contributed by atoms with Crippen LogP contribution in [0.2, 0.25) is 0 Å². The Hall–Kier alpha value is -1.92. The highest BCUT2D eigenvalue weighted by atomic mass is 35.5. The average molecular weight is 310 g/mol. The zero-order chi connectivity index (χ0) is 14.5. The minimum absolute atomic E-state index is 0. The molecule has 0 aliphatic rings. The summed E-state index contributed by atoms with van der Waals surface area (Å²) in [5.74, 6) is -0.161. The molecule has 1 amide bonds. The van der Waals surface area contributed by atoms with Crippen molar-refractivity contribution < 1.29 is 4.79 Å². The summed E-state index contributed by atoms with van der Waals surface area (Å²) in [7, 11) is 1.75. The minimum atomic E-state index is -0.177. The SMILES string of the molecule is CC(CN)C(=O)N(C)Cc1cnn(-c2ccccc2)n1.Cl. The number of nitrogens with zero attached hydrogens (tertiary/aromatic N) is 4. The van der Waals surface area contributed by atoms with Crippen LogP contribution in [0.5, 0.6) is 0 Å². The van der Waals surface area contributed by atoms with Gasteiger partial charge < -0.3 is 10.6 Å². The number of amides is 1. The quantitative estimate of drug-likeness (QED) is 0.901. The van der Waals surface area contributed by atoms with E-state index in [4.69, 9.17) is 5.73 Å². The summed E-state index contributed by atoms with van der Waals surface area (Å²) in [5, 5.41) is 8.58. The van der Waals surface area contributed by atoms with Gasteiger partial charge in [0.25, 0.3) is 0 Å². The largest absolute Gasteiger partial charge is 0.339 e. The molecule has 1 aromatic heterocycles. The Morgan fingerprint density at radius 1 is 1.38 bits per heavy atom. The van der Waals surface area contributed by atoms with E-state index in [2.05, 4.69) is 10.2 Å². The first-order valence-corrected chi connectivity index (χ1v) is 6.53. The molecule has 1 aromatic carbocycles. The lowest BCUT2D eigenvalue weighted by Gasteiger charge is -2.19. The molecule has 7 heteroatoms. The topological polar surface area (TPSA) is 77.0 Å². The number of benzene rings is 1. The molecule has 1 heterocycles. The molecule has 114 valence electrons. The van der Waals surface area contributed by atoms with Crippen molar-refractivity contribution in [1.82, 2.24) is 19.9 Å². The van der Waals surface area contributed by atoms with Gasteiger partial charge in [-0.2, -0.15) is 15.0 Å². The Labute approximate surface area is 130 Å². The van der Waals surface area contributed by atoms with Crippen molar-refractivity contribution in [3.05, 3.63) is 42.2 Å². The van der Waals surface area contributed by atoms with E-state index in [1.165, 1.54) is 0 Å². The highest BCUT2D eigenvalue weighted by molar-refractivity contribution is 5.85. The molecule has 0 saturated heterocycles. The lowest BCUT2D eigenvalue weighted by atomic mass is 10.1. The van der Waals surface area contributed by atoms with Crippen LogP contribution in [0, 0.1) is 5.92 Å². The fourth-order valence-corrected chi connectivity index (χ4v) is 1.85. The smallest absolute Gasteiger partial charge is 0.226 e. The van der Waals surface area contributed by atoms with Gasteiger partial charge in [0, 0.05) is 19.5 Å². The number of hydrogen-bond acceptors (Lipinski definition) is 4. The van der Waals surface area contributed by atoms with Crippen LogP contribution in [-0.4, -0.2) is 39.4 Å². The molecule has 0 spiro atoms. The van der Waals surface area contributed by atoms with Crippen LogP contribution in [0.15, 0.2) is 36.5 Å². The Morgan fingerprint density at radius 2 is 2.05 bits per heavy atom. The zero-order valence-electron chi connectivity index (χ0n) is 12.1. The third-order valence-corrected chi connectivity index (χ3v) is 3.08. The van der Waals surface area contributed by atoms with Crippen LogP contribution >= 0.6 is 12.4 Å². The summed E-state index contributed by atoms with van der Waals surface area (Å²) in [6.45, 7) is 2.59. The molecule has 2 N–H and O–H groups in total. The van der Waals surface area contributed by atoms with E-state index in [0.29, 0.717) is 13.1 Å². The maximum atomic E-state index is 11.9. The normalized spacial score (nSPS) is 11.6. The van der Waals surface area contributed by atoms with Crippen LogP contribution < -0.4 is 5.73 Å². The Balaban J connectivity index is 0.00000220. The number of halogens is 1. The summed E-state index contributed by atoms with van der Waals surface area (Å²) in [6, 6.07) is 9.65. The van der Waals surface area contributed by atoms with Crippen molar-refractivity contribution in [3.8, 4) is 5.69 Å². The molecular weight excluding hydrogens is 290 g/mol. The van der Waals surface area contributed by atoms with E-state index >= 15 is 0 Å². The second-order valence-corrected chi connectivity index (χ2v) is 4.79. The number of rotatable bonds is 5. The maximum Gasteiger partial charge on any atom is 0.226 e. The minimum Gasteiger partial charge on any atom is -0.339 e. The fourth-order valence-electron chi connectivity index (χ4n) is 1.85. The average Bonchev–Trinajstić information content (AvgIpc) is 2.95. The van der Waals surface area contributed by atoms with Crippen LogP contribution in [0.1, 0.15) is 12.6 Å². The lowest BCUT2D eigenvalue weighted by Crippen LogP contribution is -2.34. The summed E-state index contributed by atoms with van der Waals surface area (Å²) in [5.41, 5.74) is 7.14. The molecule has 0 fully saturated rings. The molecule has 1 atom stereocenters. The van der Waals surface area contributed by atoms with E-state index in [0.717, 1.165) is 11.4 Å². The second kappa shape index (κ2) is 7.75. The summed E-state index contributed by atoms with van der Waals surface area (Å²) >= 11 is 0. The Kier molecular flexibility index (Phi) is 6.33. The number of aromatic nitrogens is 3. The van der Waals surface area contributed by atoms with Gasteiger partial charge in [-0.3, -0.25) is 4.79 Å². The molecule has 0 bridgehead atoms. The van der Waals surface area contributed by atoms with Crippen molar-refractivity contribution in [2.45, 2.75) is 13.5 Å². The number of carbonyl (C=O) groups excluding carboxylic acids is 1. The van der Waals surface area contributed by atoms with Crippen LogP contribution in [0.25, 0.3) is 5.69 Å². The molecule has 2 aromatic rings.